The van der Waals surface area contributed by atoms with E-state index in [-0.39, 0.29) is 5.56 Å². The van der Waals surface area contributed by atoms with Crippen LogP contribution in [-0.4, -0.2) is 48.1 Å². The minimum absolute atomic E-state index is 0.195. The fourth-order valence-electron chi connectivity index (χ4n) is 1.91. The van der Waals surface area contributed by atoms with Crippen LogP contribution in [0.4, 0.5) is 8.78 Å². The van der Waals surface area contributed by atoms with Crippen LogP contribution < -0.4 is 0 Å². The van der Waals surface area contributed by atoms with Crippen LogP contribution in [0.25, 0.3) is 0 Å². The number of aliphatic hydroxyl groups excluding tert-OH is 1. The summed E-state index contributed by atoms with van der Waals surface area (Å²) >= 11 is 0. The van der Waals surface area contributed by atoms with Gasteiger partial charge >= 0.3 is 17.9 Å². The van der Waals surface area contributed by atoms with Gasteiger partial charge < -0.3 is 19.3 Å². The Bertz CT molecular complexity index is 548. The molecule has 1 N–H and O–H groups in total. The molecule has 1 fully saturated rings. The Labute approximate surface area is 124 Å². The molecule has 1 aromatic rings. The number of benzene rings is 1. The van der Waals surface area contributed by atoms with Gasteiger partial charge in [0.05, 0.1) is 5.56 Å². The lowest BCUT2D eigenvalue weighted by Gasteiger charge is -2.18. The molecule has 0 aromatic heterocycles. The van der Waals surface area contributed by atoms with Crippen LogP contribution in [0.5, 0.6) is 0 Å². The molecule has 6 nitrogen and oxygen atoms in total. The third-order valence-corrected chi connectivity index (χ3v) is 3.04. The van der Waals surface area contributed by atoms with Crippen molar-refractivity contribution < 1.29 is 37.7 Å². The van der Waals surface area contributed by atoms with Crippen molar-refractivity contribution in [1.82, 2.24) is 0 Å². The van der Waals surface area contributed by atoms with Crippen molar-refractivity contribution in [2.45, 2.75) is 31.3 Å². The molecular formula is C14H14F2O6. The Kier molecular flexibility index (Phi) is 4.72. The van der Waals surface area contributed by atoms with Gasteiger partial charge in [0.2, 0.25) is 6.29 Å². The van der Waals surface area contributed by atoms with Gasteiger partial charge in [-0.1, -0.05) is 18.2 Å². The van der Waals surface area contributed by atoms with E-state index < -0.39 is 43.0 Å². The Morgan fingerprint density at radius 2 is 1.95 bits per heavy atom. The Morgan fingerprint density at radius 3 is 2.55 bits per heavy atom. The third-order valence-electron chi connectivity index (χ3n) is 3.04. The standard InChI is InChI=1S/C14H14F2O6/c1-8(17)21-13-11(18)14(15,16)10(22-13)7-20-12(19)9-5-3-2-4-6-9/h2-6,10-11,13,18H,7H2,1H3/t10-,11+,13?/m1/s1. The van der Waals surface area contributed by atoms with E-state index in [1.165, 1.54) is 12.1 Å². The van der Waals surface area contributed by atoms with E-state index in [4.69, 9.17) is 9.47 Å². The number of ether oxygens (including phenoxy) is 3. The van der Waals surface area contributed by atoms with Crippen molar-refractivity contribution in [3.63, 3.8) is 0 Å². The fraction of sp³-hybridized carbons (Fsp3) is 0.429. The lowest BCUT2D eigenvalue weighted by molar-refractivity contribution is -0.187. The molecule has 1 aliphatic rings. The van der Waals surface area contributed by atoms with Crippen molar-refractivity contribution in [2.24, 2.45) is 0 Å². The number of hydrogen-bond donors (Lipinski definition) is 1. The molecule has 0 saturated carbocycles. The van der Waals surface area contributed by atoms with E-state index in [1.807, 2.05) is 0 Å². The van der Waals surface area contributed by atoms with Crippen LogP contribution in [0.1, 0.15) is 17.3 Å². The quantitative estimate of drug-likeness (QED) is 0.839. The van der Waals surface area contributed by atoms with Gasteiger partial charge in [-0.2, -0.15) is 0 Å². The van der Waals surface area contributed by atoms with Crippen molar-refractivity contribution in [2.75, 3.05) is 6.61 Å². The maximum atomic E-state index is 13.8. The molecule has 0 aliphatic carbocycles. The van der Waals surface area contributed by atoms with Crippen molar-refractivity contribution in [3.8, 4) is 0 Å². The third kappa shape index (κ3) is 3.40. The van der Waals surface area contributed by atoms with Gasteiger partial charge in [-0.15, -0.1) is 0 Å². The monoisotopic (exact) mass is 316 g/mol. The molecule has 120 valence electrons. The molecule has 2 rings (SSSR count). The van der Waals surface area contributed by atoms with Crippen LogP contribution in [0, 0.1) is 0 Å². The predicted octanol–water partition coefficient (Wildman–Crippen LogP) is 1.13. The van der Waals surface area contributed by atoms with Gasteiger partial charge in [0.1, 0.15) is 6.61 Å². The highest BCUT2D eigenvalue weighted by Gasteiger charge is 2.60. The van der Waals surface area contributed by atoms with E-state index in [0.717, 1.165) is 6.92 Å². The number of alkyl halides is 2. The summed E-state index contributed by atoms with van der Waals surface area (Å²) in [5.74, 6) is -5.39. The van der Waals surface area contributed by atoms with Gasteiger partial charge in [-0.3, -0.25) is 4.79 Å². The molecule has 1 heterocycles. The number of esters is 2. The summed E-state index contributed by atoms with van der Waals surface area (Å²) < 4.78 is 41.6. The first-order valence-electron chi connectivity index (χ1n) is 6.43. The minimum Gasteiger partial charge on any atom is -0.459 e. The molecule has 0 radical (unpaired) electrons. The summed E-state index contributed by atoms with van der Waals surface area (Å²) in [6.45, 7) is 0.215. The highest BCUT2D eigenvalue weighted by molar-refractivity contribution is 5.89. The first-order chi connectivity index (χ1) is 10.3. The SMILES string of the molecule is CC(=O)OC1O[C@H](COC(=O)c2ccccc2)C(F)(F)[C@H]1O. The van der Waals surface area contributed by atoms with Gasteiger partial charge in [0.25, 0.3) is 0 Å². The molecule has 8 heteroatoms. The van der Waals surface area contributed by atoms with Crippen LogP contribution in [0.2, 0.25) is 0 Å². The Hall–Kier alpha value is -2.06. The van der Waals surface area contributed by atoms with Gasteiger partial charge in [-0.05, 0) is 12.1 Å². The van der Waals surface area contributed by atoms with Crippen molar-refractivity contribution >= 4 is 11.9 Å². The zero-order valence-electron chi connectivity index (χ0n) is 11.6. The topological polar surface area (TPSA) is 82.1 Å². The van der Waals surface area contributed by atoms with Crippen LogP contribution in [-0.2, 0) is 19.0 Å². The van der Waals surface area contributed by atoms with E-state index in [9.17, 15) is 23.5 Å². The minimum atomic E-state index is -3.71. The molecular weight excluding hydrogens is 302 g/mol. The predicted molar refractivity (Wildman–Crippen MR) is 68.1 cm³/mol. The highest BCUT2D eigenvalue weighted by atomic mass is 19.3. The average Bonchev–Trinajstić information content (AvgIpc) is 2.68. The van der Waals surface area contributed by atoms with Gasteiger partial charge in [-0.25, -0.2) is 13.6 Å². The molecule has 0 bridgehead atoms. The summed E-state index contributed by atoms with van der Waals surface area (Å²) in [4.78, 5) is 22.5. The Balaban J connectivity index is 1.97. The van der Waals surface area contributed by atoms with E-state index in [0.29, 0.717) is 0 Å². The largest absolute Gasteiger partial charge is 0.459 e. The average molecular weight is 316 g/mol. The summed E-state index contributed by atoms with van der Waals surface area (Å²) in [5.41, 5.74) is 0.195. The molecule has 0 amide bonds. The maximum absolute atomic E-state index is 13.8. The second-order valence-corrected chi connectivity index (χ2v) is 4.69. The lowest BCUT2D eigenvalue weighted by atomic mass is 10.1. The summed E-state index contributed by atoms with van der Waals surface area (Å²) in [6, 6.07) is 7.81. The first kappa shape index (κ1) is 16.3. The number of aliphatic hydroxyl groups is 1. The second-order valence-electron chi connectivity index (χ2n) is 4.69. The fourth-order valence-corrected chi connectivity index (χ4v) is 1.91. The highest BCUT2D eigenvalue weighted by Crippen LogP contribution is 2.37. The first-order valence-corrected chi connectivity index (χ1v) is 6.43. The van der Waals surface area contributed by atoms with E-state index in [1.54, 1.807) is 18.2 Å². The normalized spacial score (nSPS) is 26.5. The molecule has 3 atom stereocenters. The van der Waals surface area contributed by atoms with E-state index >= 15 is 0 Å². The Morgan fingerprint density at radius 1 is 1.32 bits per heavy atom. The van der Waals surface area contributed by atoms with Crippen LogP contribution in [0.15, 0.2) is 30.3 Å². The van der Waals surface area contributed by atoms with E-state index in [2.05, 4.69) is 4.74 Å². The molecule has 1 saturated heterocycles. The van der Waals surface area contributed by atoms with Crippen LogP contribution >= 0.6 is 0 Å². The van der Waals surface area contributed by atoms with Crippen LogP contribution in [0.3, 0.4) is 0 Å². The number of halogens is 2. The molecule has 1 aliphatic heterocycles. The summed E-state index contributed by atoms with van der Waals surface area (Å²) in [7, 11) is 0. The smallest absolute Gasteiger partial charge is 0.338 e. The second kappa shape index (κ2) is 6.37. The number of hydrogen-bond acceptors (Lipinski definition) is 6. The summed E-state index contributed by atoms with van der Waals surface area (Å²) in [5, 5.41) is 9.43. The molecule has 1 unspecified atom stereocenters. The maximum Gasteiger partial charge on any atom is 0.338 e. The molecule has 1 aromatic carbocycles. The molecule has 0 spiro atoms. The van der Waals surface area contributed by atoms with Crippen molar-refractivity contribution in [1.29, 1.82) is 0 Å². The number of rotatable bonds is 4. The summed E-state index contributed by atoms with van der Waals surface area (Å²) in [6.07, 6.45) is -6.02. The van der Waals surface area contributed by atoms with Gasteiger partial charge in [0, 0.05) is 6.92 Å². The zero-order chi connectivity index (χ0) is 16.3. The number of carbonyl (C=O) groups excluding carboxylic acids is 2. The van der Waals surface area contributed by atoms with Crippen molar-refractivity contribution in [3.05, 3.63) is 35.9 Å². The van der Waals surface area contributed by atoms with Gasteiger partial charge in [0.15, 0.2) is 12.2 Å². The number of carbonyl (C=O) groups is 2. The zero-order valence-corrected chi connectivity index (χ0v) is 11.6. The lowest BCUT2D eigenvalue weighted by Crippen LogP contribution is -2.42. The molecule has 22 heavy (non-hydrogen) atoms.